The third-order valence-electron chi connectivity index (χ3n) is 3.54. The van der Waals surface area contributed by atoms with E-state index in [0.29, 0.717) is 0 Å². The second kappa shape index (κ2) is 3.38. The maximum atomic E-state index is 6.19. The Hall–Kier alpha value is 0.270. The van der Waals surface area contributed by atoms with E-state index in [4.69, 9.17) is 4.74 Å². The summed E-state index contributed by atoms with van der Waals surface area (Å²) >= 11 is 2.07. The van der Waals surface area contributed by atoms with Crippen LogP contribution in [0.2, 0.25) is 0 Å². The molecule has 2 heterocycles. The highest BCUT2D eigenvalue weighted by molar-refractivity contribution is 8.01. The van der Waals surface area contributed by atoms with Gasteiger partial charge >= 0.3 is 0 Å². The molecule has 2 saturated heterocycles. The third-order valence-corrected chi connectivity index (χ3v) is 5.36. The maximum Gasteiger partial charge on any atom is 0.0963 e. The van der Waals surface area contributed by atoms with Gasteiger partial charge in [0.2, 0.25) is 0 Å². The monoisotopic (exact) mass is 229 g/mol. The first-order valence-corrected chi connectivity index (χ1v) is 6.77. The standard InChI is InChI=1S/C12H23NOS/c1-9-6-7-13-12(15-9)8-10(2,3)14-11(12,4)5/h9,13H,6-8H2,1-5H3. The van der Waals surface area contributed by atoms with Crippen molar-refractivity contribution >= 4 is 11.8 Å². The van der Waals surface area contributed by atoms with Crippen LogP contribution in [-0.4, -0.2) is 27.9 Å². The molecule has 2 unspecified atom stereocenters. The van der Waals surface area contributed by atoms with E-state index in [0.717, 1.165) is 18.2 Å². The Morgan fingerprint density at radius 2 is 1.93 bits per heavy atom. The predicted molar refractivity (Wildman–Crippen MR) is 66.3 cm³/mol. The second-order valence-electron chi connectivity index (χ2n) is 6.02. The van der Waals surface area contributed by atoms with E-state index >= 15 is 0 Å². The summed E-state index contributed by atoms with van der Waals surface area (Å²) < 4.78 is 6.19. The zero-order valence-corrected chi connectivity index (χ0v) is 11.3. The Morgan fingerprint density at radius 1 is 1.27 bits per heavy atom. The molecule has 0 saturated carbocycles. The quantitative estimate of drug-likeness (QED) is 0.690. The summed E-state index contributed by atoms with van der Waals surface area (Å²) in [5, 5.41) is 4.45. The van der Waals surface area contributed by atoms with E-state index in [1.807, 2.05) is 0 Å². The minimum absolute atomic E-state index is 0.000556. The van der Waals surface area contributed by atoms with Crippen LogP contribution in [0, 0.1) is 0 Å². The molecule has 2 aliphatic heterocycles. The summed E-state index contributed by atoms with van der Waals surface area (Å²) in [6.07, 6.45) is 2.37. The van der Waals surface area contributed by atoms with Crippen molar-refractivity contribution in [2.75, 3.05) is 6.54 Å². The summed E-state index contributed by atoms with van der Waals surface area (Å²) in [4.78, 5) is 0.119. The van der Waals surface area contributed by atoms with E-state index in [-0.39, 0.29) is 16.1 Å². The molecule has 0 aromatic heterocycles. The lowest BCUT2D eigenvalue weighted by atomic mass is 9.93. The largest absolute Gasteiger partial charge is 0.367 e. The smallest absolute Gasteiger partial charge is 0.0963 e. The summed E-state index contributed by atoms with van der Waals surface area (Å²) in [6.45, 7) is 12.3. The predicted octanol–water partition coefficient (Wildman–Crippen LogP) is 2.78. The minimum Gasteiger partial charge on any atom is -0.367 e. The van der Waals surface area contributed by atoms with Gasteiger partial charge in [-0.05, 0) is 40.7 Å². The summed E-state index contributed by atoms with van der Waals surface area (Å²) in [5.74, 6) is 0. The van der Waals surface area contributed by atoms with Gasteiger partial charge in [0.05, 0.1) is 16.1 Å². The van der Waals surface area contributed by atoms with E-state index < -0.39 is 0 Å². The number of ether oxygens (including phenoxy) is 1. The molecule has 2 fully saturated rings. The van der Waals surface area contributed by atoms with Crippen molar-refractivity contribution in [1.29, 1.82) is 0 Å². The van der Waals surface area contributed by atoms with Crippen LogP contribution in [-0.2, 0) is 4.74 Å². The molecule has 2 atom stereocenters. The normalized spacial score (nSPS) is 43.4. The van der Waals surface area contributed by atoms with Crippen LogP contribution < -0.4 is 5.32 Å². The minimum atomic E-state index is -0.0736. The van der Waals surface area contributed by atoms with Crippen molar-refractivity contribution in [2.45, 2.75) is 68.8 Å². The highest BCUT2D eigenvalue weighted by Crippen LogP contribution is 2.53. The van der Waals surface area contributed by atoms with E-state index in [2.05, 4.69) is 51.7 Å². The van der Waals surface area contributed by atoms with Crippen molar-refractivity contribution in [3.63, 3.8) is 0 Å². The van der Waals surface area contributed by atoms with E-state index in [1.165, 1.54) is 6.42 Å². The second-order valence-corrected chi connectivity index (χ2v) is 7.76. The Labute approximate surface area is 97.5 Å². The molecule has 0 aromatic carbocycles. The van der Waals surface area contributed by atoms with Gasteiger partial charge in [-0.2, -0.15) is 0 Å². The van der Waals surface area contributed by atoms with Crippen molar-refractivity contribution in [2.24, 2.45) is 0 Å². The molecule has 0 bridgehead atoms. The number of hydrogen-bond acceptors (Lipinski definition) is 3. The van der Waals surface area contributed by atoms with Gasteiger partial charge in [0, 0.05) is 11.7 Å². The SMILES string of the molecule is CC1CCNC2(CC(C)(C)OC2(C)C)S1. The Bertz CT molecular complexity index is 264. The summed E-state index contributed by atoms with van der Waals surface area (Å²) in [5.41, 5.74) is -0.0730. The molecule has 0 radical (unpaired) electrons. The number of nitrogens with one attached hydrogen (secondary N) is 1. The van der Waals surface area contributed by atoms with Gasteiger partial charge < -0.3 is 10.1 Å². The molecule has 2 aliphatic rings. The van der Waals surface area contributed by atoms with Gasteiger partial charge in [-0.25, -0.2) is 0 Å². The van der Waals surface area contributed by atoms with Gasteiger partial charge in [0.15, 0.2) is 0 Å². The molecular weight excluding hydrogens is 206 g/mol. The summed E-state index contributed by atoms with van der Waals surface area (Å²) in [7, 11) is 0. The fourth-order valence-corrected chi connectivity index (χ4v) is 4.87. The lowest BCUT2D eigenvalue weighted by molar-refractivity contribution is -0.0733. The highest BCUT2D eigenvalue weighted by Gasteiger charge is 2.58. The van der Waals surface area contributed by atoms with Gasteiger partial charge in [0.25, 0.3) is 0 Å². The third kappa shape index (κ3) is 1.94. The molecule has 0 amide bonds. The summed E-state index contributed by atoms with van der Waals surface area (Å²) in [6, 6.07) is 0. The van der Waals surface area contributed by atoms with E-state index in [9.17, 15) is 0 Å². The van der Waals surface area contributed by atoms with Crippen molar-refractivity contribution in [3.05, 3.63) is 0 Å². The highest BCUT2D eigenvalue weighted by atomic mass is 32.2. The van der Waals surface area contributed by atoms with Gasteiger partial charge in [-0.15, -0.1) is 11.8 Å². The molecule has 3 heteroatoms. The lowest BCUT2D eigenvalue weighted by Crippen LogP contribution is -2.58. The van der Waals surface area contributed by atoms with Crippen LogP contribution in [0.4, 0.5) is 0 Å². The van der Waals surface area contributed by atoms with Gasteiger partial charge in [0.1, 0.15) is 0 Å². The van der Waals surface area contributed by atoms with Crippen molar-refractivity contribution in [3.8, 4) is 0 Å². The molecule has 1 N–H and O–H groups in total. The van der Waals surface area contributed by atoms with Crippen LogP contribution in [0.1, 0.15) is 47.5 Å². The molecule has 2 rings (SSSR count). The van der Waals surface area contributed by atoms with Gasteiger partial charge in [-0.3, -0.25) is 0 Å². The molecule has 15 heavy (non-hydrogen) atoms. The lowest BCUT2D eigenvalue weighted by Gasteiger charge is -2.45. The fraction of sp³-hybridized carbons (Fsp3) is 1.00. The molecule has 88 valence electrons. The van der Waals surface area contributed by atoms with E-state index in [1.54, 1.807) is 0 Å². The average Bonchev–Trinajstić information content (AvgIpc) is 2.15. The van der Waals surface area contributed by atoms with Crippen molar-refractivity contribution in [1.82, 2.24) is 5.32 Å². The Morgan fingerprint density at radius 3 is 2.40 bits per heavy atom. The molecule has 0 aromatic rings. The van der Waals surface area contributed by atoms with Crippen LogP contribution in [0.5, 0.6) is 0 Å². The maximum absolute atomic E-state index is 6.19. The van der Waals surface area contributed by atoms with Gasteiger partial charge in [-0.1, -0.05) is 6.92 Å². The average molecular weight is 229 g/mol. The van der Waals surface area contributed by atoms with Crippen LogP contribution >= 0.6 is 11.8 Å². The van der Waals surface area contributed by atoms with Crippen LogP contribution in [0.15, 0.2) is 0 Å². The zero-order valence-electron chi connectivity index (χ0n) is 10.5. The first kappa shape index (κ1) is 11.7. The molecular formula is C12H23NOS. The Kier molecular flexibility index (Phi) is 2.65. The van der Waals surface area contributed by atoms with Crippen molar-refractivity contribution < 1.29 is 4.74 Å². The number of hydrogen-bond donors (Lipinski definition) is 1. The fourth-order valence-electron chi connectivity index (χ4n) is 3.00. The zero-order chi connectivity index (χ0) is 11.3. The molecule has 0 aliphatic carbocycles. The molecule has 2 nitrogen and oxygen atoms in total. The first-order chi connectivity index (χ1) is 6.77. The topological polar surface area (TPSA) is 21.3 Å². The number of thioether (sulfide) groups is 1. The van der Waals surface area contributed by atoms with Crippen LogP contribution in [0.3, 0.4) is 0 Å². The first-order valence-electron chi connectivity index (χ1n) is 5.89. The molecule has 1 spiro atoms. The van der Waals surface area contributed by atoms with Crippen LogP contribution in [0.25, 0.3) is 0 Å². The number of rotatable bonds is 0. The Balaban J connectivity index is 2.26.